The van der Waals surface area contributed by atoms with Gasteiger partial charge in [0.1, 0.15) is 11.6 Å². The number of carbonyl (C=O) groups excluding carboxylic acids is 1. The van der Waals surface area contributed by atoms with E-state index in [2.05, 4.69) is 17.4 Å². The van der Waals surface area contributed by atoms with Gasteiger partial charge in [0, 0.05) is 6.54 Å². The molecule has 3 rings (SSSR count). The van der Waals surface area contributed by atoms with Crippen LogP contribution >= 0.6 is 0 Å². The van der Waals surface area contributed by atoms with E-state index in [1.807, 2.05) is 37.3 Å². The lowest BCUT2D eigenvalue weighted by molar-refractivity contribution is -0.128. The normalized spacial score (nSPS) is 11.9. The van der Waals surface area contributed by atoms with Crippen molar-refractivity contribution in [3.05, 3.63) is 78.1 Å². The average molecular weight is 337 g/mol. The summed E-state index contributed by atoms with van der Waals surface area (Å²) < 4.78 is 18.6. The maximum absolute atomic E-state index is 12.9. The minimum Gasteiger partial charge on any atom is -0.481 e. The third-order valence-electron chi connectivity index (χ3n) is 4.04. The van der Waals surface area contributed by atoms with Crippen molar-refractivity contribution < 1.29 is 13.9 Å². The van der Waals surface area contributed by atoms with Crippen molar-refractivity contribution in [2.45, 2.75) is 26.0 Å². The molecular weight excluding hydrogens is 317 g/mol. The highest BCUT2D eigenvalue weighted by Crippen LogP contribution is 2.16. The van der Waals surface area contributed by atoms with Gasteiger partial charge in [-0.25, -0.2) is 4.39 Å². The van der Waals surface area contributed by atoms with E-state index < -0.39 is 6.10 Å². The number of benzene rings is 3. The summed E-state index contributed by atoms with van der Waals surface area (Å²) in [6.07, 6.45) is -0.0769. The van der Waals surface area contributed by atoms with Crippen LogP contribution in [0.4, 0.5) is 4.39 Å². The molecular formula is C21H20FNO2. The monoisotopic (exact) mass is 337 g/mol. The number of ether oxygens (including phenoxy) is 1. The highest BCUT2D eigenvalue weighted by molar-refractivity contribution is 5.83. The van der Waals surface area contributed by atoms with Crippen LogP contribution in [0.5, 0.6) is 5.75 Å². The molecule has 3 aromatic rings. The maximum Gasteiger partial charge on any atom is 0.261 e. The molecule has 4 heteroatoms. The van der Waals surface area contributed by atoms with Crippen LogP contribution in [0, 0.1) is 5.82 Å². The summed E-state index contributed by atoms with van der Waals surface area (Å²) in [4.78, 5) is 12.4. The molecule has 3 nitrogen and oxygen atoms in total. The van der Waals surface area contributed by atoms with Gasteiger partial charge < -0.3 is 10.1 Å². The van der Waals surface area contributed by atoms with Crippen molar-refractivity contribution in [3.63, 3.8) is 0 Å². The summed E-state index contributed by atoms with van der Waals surface area (Å²) in [7, 11) is 0. The van der Waals surface area contributed by atoms with Crippen LogP contribution in [0.25, 0.3) is 10.8 Å². The van der Waals surface area contributed by atoms with Gasteiger partial charge in [-0.3, -0.25) is 4.79 Å². The van der Waals surface area contributed by atoms with Gasteiger partial charge in [0.15, 0.2) is 6.10 Å². The largest absolute Gasteiger partial charge is 0.481 e. The standard InChI is InChI=1S/C21H20FNO2/c1-2-20(25-19-11-9-18(22)10-12-19)21(24)23-14-15-7-8-16-5-3-4-6-17(16)13-15/h3-13,20H,2,14H2,1H3,(H,23,24)/t20-/m1/s1. The topological polar surface area (TPSA) is 38.3 Å². The molecule has 0 saturated carbocycles. The van der Waals surface area contributed by atoms with Crippen LogP contribution in [0.15, 0.2) is 66.7 Å². The van der Waals surface area contributed by atoms with Crippen LogP contribution in [-0.2, 0) is 11.3 Å². The molecule has 0 spiro atoms. The smallest absolute Gasteiger partial charge is 0.261 e. The van der Waals surface area contributed by atoms with Gasteiger partial charge in [-0.2, -0.15) is 0 Å². The second-order valence-corrected chi connectivity index (χ2v) is 5.87. The second-order valence-electron chi connectivity index (χ2n) is 5.87. The highest BCUT2D eigenvalue weighted by Gasteiger charge is 2.18. The van der Waals surface area contributed by atoms with Crippen molar-refractivity contribution in [2.24, 2.45) is 0 Å². The average Bonchev–Trinajstić information content (AvgIpc) is 2.65. The molecule has 0 aromatic heterocycles. The van der Waals surface area contributed by atoms with Crippen LogP contribution in [0.1, 0.15) is 18.9 Å². The van der Waals surface area contributed by atoms with Crippen molar-refractivity contribution in [1.29, 1.82) is 0 Å². The number of hydrogen-bond donors (Lipinski definition) is 1. The molecule has 3 aromatic carbocycles. The van der Waals surface area contributed by atoms with Gasteiger partial charge >= 0.3 is 0 Å². The number of rotatable bonds is 6. The van der Waals surface area contributed by atoms with E-state index >= 15 is 0 Å². The Morgan fingerprint density at radius 1 is 1.04 bits per heavy atom. The minimum atomic E-state index is -0.606. The molecule has 0 unspecified atom stereocenters. The molecule has 0 saturated heterocycles. The van der Waals surface area contributed by atoms with E-state index in [0.717, 1.165) is 10.9 Å². The minimum absolute atomic E-state index is 0.181. The van der Waals surface area contributed by atoms with Crippen LogP contribution in [-0.4, -0.2) is 12.0 Å². The highest BCUT2D eigenvalue weighted by atomic mass is 19.1. The lowest BCUT2D eigenvalue weighted by Gasteiger charge is -2.17. The quantitative estimate of drug-likeness (QED) is 0.721. The molecule has 0 fully saturated rings. The van der Waals surface area contributed by atoms with E-state index in [1.165, 1.54) is 29.7 Å². The number of nitrogens with one attached hydrogen (secondary N) is 1. The first-order valence-electron chi connectivity index (χ1n) is 8.33. The lowest BCUT2D eigenvalue weighted by atomic mass is 10.1. The molecule has 0 aliphatic carbocycles. The fourth-order valence-electron chi connectivity index (χ4n) is 2.65. The Balaban J connectivity index is 1.62. The zero-order valence-corrected chi connectivity index (χ0v) is 14.0. The Labute approximate surface area is 146 Å². The summed E-state index contributed by atoms with van der Waals surface area (Å²) in [6, 6.07) is 19.9. The first-order chi connectivity index (χ1) is 12.2. The van der Waals surface area contributed by atoms with E-state index in [0.29, 0.717) is 18.7 Å². The van der Waals surface area contributed by atoms with E-state index in [9.17, 15) is 9.18 Å². The Morgan fingerprint density at radius 2 is 1.76 bits per heavy atom. The summed E-state index contributed by atoms with van der Waals surface area (Å²) in [6.45, 7) is 2.32. The van der Waals surface area contributed by atoms with Gasteiger partial charge in [-0.15, -0.1) is 0 Å². The summed E-state index contributed by atoms with van der Waals surface area (Å²) in [5, 5.41) is 5.22. The van der Waals surface area contributed by atoms with Crippen LogP contribution in [0.2, 0.25) is 0 Å². The summed E-state index contributed by atoms with van der Waals surface area (Å²) >= 11 is 0. The first kappa shape index (κ1) is 17.0. The third kappa shape index (κ3) is 4.35. The molecule has 1 amide bonds. The molecule has 25 heavy (non-hydrogen) atoms. The number of carbonyl (C=O) groups is 1. The Kier molecular flexibility index (Phi) is 5.29. The molecule has 0 aliphatic heterocycles. The van der Waals surface area contributed by atoms with Crippen molar-refractivity contribution >= 4 is 16.7 Å². The Bertz CT molecular complexity index is 861. The van der Waals surface area contributed by atoms with Gasteiger partial charge in [0.2, 0.25) is 0 Å². The molecule has 0 aliphatic rings. The first-order valence-corrected chi connectivity index (χ1v) is 8.33. The molecule has 1 atom stereocenters. The molecule has 1 N–H and O–H groups in total. The molecule has 0 bridgehead atoms. The molecule has 128 valence electrons. The number of fused-ring (bicyclic) bond motifs is 1. The number of amides is 1. The summed E-state index contributed by atoms with van der Waals surface area (Å²) in [5.41, 5.74) is 1.03. The van der Waals surface area contributed by atoms with E-state index in [1.54, 1.807) is 0 Å². The Hall–Kier alpha value is -2.88. The van der Waals surface area contributed by atoms with E-state index in [-0.39, 0.29) is 11.7 Å². The second kappa shape index (κ2) is 7.79. The summed E-state index contributed by atoms with van der Waals surface area (Å²) in [5.74, 6) is -0.0322. The van der Waals surface area contributed by atoms with E-state index in [4.69, 9.17) is 4.74 Å². The zero-order valence-electron chi connectivity index (χ0n) is 14.0. The van der Waals surface area contributed by atoms with Gasteiger partial charge in [0.25, 0.3) is 5.91 Å². The SMILES string of the molecule is CC[C@@H](Oc1ccc(F)cc1)C(=O)NCc1ccc2ccccc2c1. The fourth-order valence-corrected chi connectivity index (χ4v) is 2.65. The van der Waals surface area contributed by atoms with Crippen LogP contribution in [0.3, 0.4) is 0 Å². The Morgan fingerprint density at radius 3 is 2.48 bits per heavy atom. The molecule has 0 radical (unpaired) electrons. The number of hydrogen-bond acceptors (Lipinski definition) is 2. The predicted octanol–water partition coefficient (Wildman–Crippen LogP) is 4.45. The fraction of sp³-hybridized carbons (Fsp3) is 0.190. The van der Waals surface area contributed by atoms with Crippen molar-refractivity contribution in [2.75, 3.05) is 0 Å². The molecule has 0 heterocycles. The third-order valence-corrected chi connectivity index (χ3v) is 4.04. The lowest BCUT2D eigenvalue weighted by Crippen LogP contribution is -2.37. The van der Waals surface area contributed by atoms with Crippen molar-refractivity contribution in [1.82, 2.24) is 5.32 Å². The number of halogens is 1. The predicted molar refractivity (Wildman–Crippen MR) is 96.9 cm³/mol. The maximum atomic E-state index is 12.9. The van der Waals surface area contributed by atoms with Gasteiger partial charge in [-0.1, -0.05) is 43.3 Å². The van der Waals surface area contributed by atoms with Gasteiger partial charge in [0.05, 0.1) is 0 Å². The van der Waals surface area contributed by atoms with Crippen molar-refractivity contribution in [3.8, 4) is 5.75 Å². The van der Waals surface area contributed by atoms with Crippen LogP contribution < -0.4 is 10.1 Å². The zero-order chi connectivity index (χ0) is 17.6. The van der Waals surface area contributed by atoms with Gasteiger partial charge in [-0.05, 0) is 53.1 Å².